The summed E-state index contributed by atoms with van der Waals surface area (Å²) in [5, 5.41) is 8.89. The van der Waals surface area contributed by atoms with Crippen LogP contribution in [0.15, 0.2) is 12.1 Å². The summed E-state index contributed by atoms with van der Waals surface area (Å²) >= 11 is 5.60. The fraction of sp³-hybridized carbons (Fsp3) is 0. The number of carboxylic acids is 1. The van der Waals surface area contributed by atoms with Gasteiger partial charge in [-0.25, -0.2) is 14.8 Å². The Bertz CT molecular complexity index is 485. The molecule has 0 amide bonds. The molecule has 67 valence electrons. The summed E-state index contributed by atoms with van der Waals surface area (Å²) in [5.41, 5.74) is 0.867. The van der Waals surface area contributed by atoms with Crippen molar-refractivity contribution < 1.29 is 9.90 Å². The van der Waals surface area contributed by atoms with Crippen LogP contribution in [0, 0.1) is 0 Å². The molecule has 0 aliphatic heterocycles. The number of pyridine rings is 1. The van der Waals surface area contributed by atoms with Crippen molar-refractivity contribution in [1.82, 2.24) is 15.0 Å². The number of aromatic nitrogens is 3. The van der Waals surface area contributed by atoms with Crippen molar-refractivity contribution in [3.05, 3.63) is 23.1 Å². The van der Waals surface area contributed by atoms with Crippen LogP contribution in [-0.2, 0) is 0 Å². The molecule has 0 fully saturated rings. The first kappa shape index (κ1) is 11.5. The van der Waals surface area contributed by atoms with Crippen molar-refractivity contribution in [3.8, 4) is 0 Å². The van der Waals surface area contributed by atoms with E-state index in [0.29, 0.717) is 11.2 Å². The normalized spacial score (nSPS) is 9.79. The first-order valence-electron chi connectivity index (χ1n) is 3.42. The third-order valence-corrected chi connectivity index (χ3v) is 1.72. The molecule has 0 atom stereocenters. The van der Waals surface area contributed by atoms with Gasteiger partial charge in [0, 0.05) is 29.6 Å². The van der Waals surface area contributed by atoms with E-state index in [9.17, 15) is 4.79 Å². The number of carboxylic acid groups (broad SMARTS) is 1. The molecular formula is C7H4ClN3NaO2. The summed E-state index contributed by atoms with van der Waals surface area (Å²) in [5.74, 6) is -1.25. The van der Waals surface area contributed by atoms with Crippen LogP contribution in [0.3, 0.4) is 0 Å². The van der Waals surface area contributed by atoms with Crippen LogP contribution in [0.4, 0.5) is 0 Å². The second kappa shape index (κ2) is 4.27. The summed E-state index contributed by atoms with van der Waals surface area (Å²) in [6.45, 7) is 0. The largest absolute Gasteiger partial charge is 0.475 e. The first-order valence-corrected chi connectivity index (χ1v) is 3.80. The molecule has 2 aromatic heterocycles. The average molecular weight is 221 g/mol. The van der Waals surface area contributed by atoms with E-state index in [-0.39, 0.29) is 40.5 Å². The summed E-state index contributed by atoms with van der Waals surface area (Å²) in [4.78, 5) is 20.7. The van der Waals surface area contributed by atoms with Crippen molar-refractivity contribution in [2.24, 2.45) is 0 Å². The average Bonchev–Trinajstić information content (AvgIpc) is 2.46. The Morgan fingerprint density at radius 1 is 1.43 bits per heavy atom. The first-order chi connectivity index (χ1) is 6.16. The fourth-order valence-electron chi connectivity index (χ4n) is 0.971. The van der Waals surface area contributed by atoms with E-state index in [4.69, 9.17) is 16.7 Å². The molecule has 0 aromatic carbocycles. The zero-order valence-electron chi connectivity index (χ0n) is 7.28. The minimum absolute atomic E-state index is 0. The number of hydrogen-bond donors (Lipinski definition) is 2. The quantitative estimate of drug-likeness (QED) is 0.554. The van der Waals surface area contributed by atoms with E-state index >= 15 is 0 Å². The van der Waals surface area contributed by atoms with Gasteiger partial charge in [0.2, 0.25) is 5.82 Å². The number of aromatic carboxylic acids is 1. The molecule has 0 saturated heterocycles. The van der Waals surface area contributed by atoms with E-state index in [1.807, 2.05) is 0 Å². The number of nitrogens with one attached hydrogen (secondary N) is 1. The number of fused-ring (bicyclic) bond motifs is 1. The van der Waals surface area contributed by atoms with Gasteiger partial charge in [0.05, 0.1) is 5.52 Å². The molecule has 0 unspecified atom stereocenters. The molecule has 0 spiro atoms. The number of nitrogens with zero attached hydrogens (tertiary/aromatic N) is 2. The van der Waals surface area contributed by atoms with Crippen molar-refractivity contribution in [2.45, 2.75) is 0 Å². The Labute approximate surface area is 106 Å². The van der Waals surface area contributed by atoms with Gasteiger partial charge in [-0.1, -0.05) is 11.6 Å². The summed E-state index contributed by atoms with van der Waals surface area (Å²) in [6, 6.07) is 3.19. The summed E-state index contributed by atoms with van der Waals surface area (Å²) < 4.78 is 0. The topological polar surface area (TPSA) is 78.9 Å². The van der Waals surface area contributed by atoms with Crippen molar-refractivity contribution >= 4 is 58.3 Å². The fourth-order valence-corrected chi connectivity index (χ4v) is 1.11. The van der Waals surface area contributed by atoms with Crippen LogP contribution >= 0.6 is 11.6 Å². The number of rotatable bonds is 1. The second-order valence-electron chi connectivity index (χ2n) is 2.40. The maximum absolute atomic E-state index is 10.5. The molecule has 0 aliphatic carbocycles. The van der Waals surface area contributed by atoms with Crippen molar-refractivity contribution in [2.75, 3.05) is 0 Å². The van der Waals surface area contributed by atoms with E-state index in [1.54, 1.807) is 12.1 Å². The number of hydrogen-bond acceptors (Lipinski definition) is 3. The molecule has 0 saturated carbocycles. The number of imidazole rings is 1. The van der Waals surface area contributed by atoms with Crippen molar-refractivity contribution in [3.63, 3.8) is 0 Å². The maximum atomic E-state index is 10.5. The van der Waals surface area contributed by atoms with Gasteiger partial charge in [-0.3, -0.25) is 0 Å². The van der Waals surface area contributed by atoms with Crippen LogP contribution in [0.2, 0.25) is 5.15 Å². The molecule has 2 aromatic rings. The zero-order valence-corrected chi connectivity index (χ0v) is 10.0. The van der Waals surface area contributed by atoms with Gasteiger partial charge in [-0.15, -0.1) is 0 Å². The predicted molar refractivity (Wildman–Crippen MR) is 51.6 cm³/mol. The minimum Gasteiger partial charge on any atom is -0.475 e. The molecule has 0 bridgehead atoms. The van der Waals surface area contributed by atoms with Crippen LogP contribution in [-0.4, -0.2) is 55.6 Å². The maximum Gasteiger partial charge on any atom is 0.371 e. The van der Waals surface area contributed by atoms with Crippen molar-refractivity contribution in [1.29, 1.82) is 0 Å². The summed E-state index contributed by atoms with van der Waals surface area (Å²) in [7, 11) is 0. The monoisotopic (exact) mass is 220 g/mol. The molecular weight excluding hydrogens is 217 g/mol. The van der Waals surface area contributed by atoms with Gasteiger partial charge in [0.15, 0.2) is 5.65 Å². The second-order valence-corrected chi connectivity index (χ2v) is 2.78. The van der Waals surface area contributed by atoms with Gasteiger partial charge in [-0.05, 0) is 12.1 Å². The van der Waals surface area contributed by atoms with E-state index in [2.05, 4.69) is 15.0 Å². The molecule has 2 N–H and O–H groups in total. The van der Waals surface area contributed by atoms with E-state index in [0.717, 1.165) is 0 Å². The van der Waals surface area contributed by atoms with E-state index in [1.165, 1.54) is 0 Å². The Kier molecular flexibility index (Phi) is 3.49. The van der Waals surface area contributed by atoms with Gasteiger partial charge < -0.3 is 10.1 Å². The Morgan fingerprint density at radius 2 is 2.14 bits per heavy atom. The SMILES string of the molecule is O=C(O)c1nc2nc(Cl)ccc2[nH]1.[Na]. The number of halogens is 1. The van der Waals surface area contributed by atoms with Crippen LogP contribution in [0.25, 0.3) is 11.2 Å². The number of H-pyrrole nitrogens is 1. The Morgan fingerprint density at radius 3 is 2.79 bits per heavy atom. The van der Waals surface area contributed by atoms with Gasteiger partial charge in [-0.2, -0.15) is 0 Å². The zero-order chi connectivity index (χ0) is 9.42. The molecule has 5 nitrogen and oxygen atoms in total. The standard InChI is InChI=1S/C7H4ClN3O2.Na/c8-4-2-1-3-5(10-4)11-6(9-3)7(12)13;/h1-2H,(H,12,13)(H,9,10,11);. The predicted octanol–water partition coefficient (Wildman–Crippen LogP) is 0.929. The number of aromatic amines is 1. The van der Waals surface area contributed by atoms with Gasteiger partial charge >= 0.3 is 5.97 Å². The molecule has 2 heterocycles. The number of carbonyl (C=O) groups is 1. The van der Waals surface area contributed by atoms with Crippen LogP contribution < -0.4 is 0 Å². The third-order valence-electron chi connectivity index (χ3n) is 1.51. The van der Waals surface area contributed by atoms with Crippen LogP contribution in [0.1, 0.15) is 10.6 Å². The third kappa shape index (κ3) is 2.06. The van der Waals surface area contributed by atoms with Gasteiger partial charge in [0.25, 0.3) is 0 Å². The minimum atomic E-state index is -1.12. The molecule has 2 rings (SSSR count). The molecule has 1 radical (unpaired) electrons. The summed E-state index contributed by atoms with van der Waals surface area (Å²) in [6.07, 6.45) is 0. The Hall–Kier alpha value is -0.620. The molecule has 14 heavy (non-hydrogen) atoms. The smallest absolute Gasteiger partial charge is 0.371 e. The Balaban J connectivity index is 0.000000980. The molecule has 7 heteroatoms. The molecule has 0 aliphatic rings. The van der Waals surface area contributed by atoms with Crippen LogP contribution in [0.5, 0.6) is 0 Å². The van der Waals surface area contributed by atoms with Gasteiger partial charge in [0.1, 0.15) is 5.15 Å². The van der Waals surface area contributed by atoms with E-state index < -0.39 is 5.97 Å².